The molecule has 2 aromatic carbocycles. The number of carbonyl (C=O) groups excluding carboxylic acids is 1. The van der Waals surface area contributed by atoms with Crippen LogP contribution in [0, 0.1) is 5.92 Å². The summed E-state index contributed by atoms with van der Waals surface area (Å²) >= 11 is 1.12. The first kappa shape index (κ1) is 19.3. The van der Waals surface area contributed by atoms with Crippen molar-refractivity contribution in [2.24, 2.45) is 5.92 Å². The minimum Gasteiger partial charge on any atom is -0.497 e. The first-order valence-corrected chi connectivity index (χ1v) is 10.8. The summed E-state index contributed by atoms with van der Waals surface area (Å²) in [6.45, 7) is 3.72. The molecule has 1 amide bonds. The van der Waals surface area contributed by atoms with Gasteiger partial charge in [0.1, 0.15) is 5.75 Å². The number of anilines is 1. The molecule has 1 aromatic heterocycles. The molecule has 0 bridgehead atoms. The molecule has 6 nitrogen and oxygen atoms in total. The van der Waals surface area contributed by atoms with Gasteiger partial charge in [-0.3, -0.25) is 4.79 Å². The number of sulfone groups is 1. The Morgan fingerprint density at radius 1 is 1.19 bits per heavy atom. The quantitative estimate of drug-likeness (QED) is 0.671. The average Bonchev–Trinajstić information content (AvgIpc) is 3.05. The molecule has 1 N–H and O–H groups in total. The largest absolute Gasteiger partial charge is 0.497 e. The Kier molecular flexibility index (Phi) is 5.48. The lowest BCUT2D eigenvalue weighted by atomic mass is 10.2. The molecule has 0 aliphatic heterocycles. The van der Waals surface area contributed by atoms with Crippen molar-refractivity contribution in [3.05, 3.63) is 48.0 Å². The predicted molar refractivity (Wildman–Crippen MR) is 107 cm³/mol. The third-order valence-electron chi connectivity index (χ3n) is 3.80. The lowest BCUT2D eigenvalue weighted by Crippen LogP contribution is -2.11. The van der Waals surface area contributed by atoms with Crippen molar-refractivity contribution >= 4 is 43.0 Å². The first-order chi connectivity index (χ1) is 12.8. The zero-order valence-electron chi connectivity index (χ0n) is 15.2. The van der Waals surface area contributed by atoms with E-state index >= 15 is 0 Å². The van der Waals surface area contributed by atoms with Crippen LogP contribution < -0.4 is 10.1 Å². The number of hydrogen-bond acceptors (Lipinski definition) is 6. The Bertz CT molecular complexity index is 1070. The minimum atomic E-state index is -3.40. The van der Waals surface area contributed by atoms with E-state index in [0.29, 0.717) is 27.2 Å². The van der Waals surface area contributed by atoms with Gasteiger partial charge in [0.05, 0.1) is 23.1 Å². The zero-order valence-corrected chi connectivity index (χ0v) is 16.9. The third-order valence-corrected chi connectivity index (χ3v) is 7.35. The number of thiazole rings is 1. The van der Waals surface area contributed by atoms with Gasteiger partial charge in [0.25, 0.3) is 5.91 Å². The highest BCUT2D eigenvalue weighted by Crippen LogP contribution is 2.29. The number of aromatic nitrogens is 1. The maximum Gasteiger partial charge on any atom is 0.255 e. The Hall–Kier alpha value is -2.45. The number of fused-ring (bicyclic) bond motifs is 1. The first-order valence-electron chi connectivity index (χ1n) is 8.37. The second kappa shape index (κ2) is 7.66. The van der Waals surface area contributed by atoms with E-state index in [9.17, 15) is 13.2 Å². The van der Waals surface area contributed by atoms with Gasteiger partial charge in [-0.25, -0.2) is 13.4 Å². The number of rotatable bonds is 6. The number of nitrogens with zero attached hydrogens (tertiary/aromatic N) is 1. The number of hydrogen-bond donors (Lipinski definition) is 1. The average molecular weight is 405 g/mol. The van der Waals surface area contributed by atoms with E-state index < -0.39 is 9.84 Å². The molecule has 0 fully saturated rings. The van der Waals surface area contributed by atoms with E-state index in [2.05, 4.69) is 10.3 Å². The highest BCUT2D eigenvalue weighted by Gasteiger charge is 2.21. The molecule has 3 aromatic rings. The molecule has 0 spiro atoms. The van der Waals surface area contributed by atoms with Crippen LogP contribution in [0.15, 0.2) is 46.8 Å². The van der Waals surface area contributed by atoms with Crippen LogP contribution in [0.2, 0.25) is 0 Å². The molecule has 1 heterocycles. The van der Waals surface area contributed by atoms with Gasteiger partial charge >= 0.3 is 0 Å². The van der Waals surface area contributed by atoms with Gasteiger partial charge in [-0.1, -0.05) is 13.8 Å². The van der Waals surface area contributed by atoms with Gasteiger partial charge < -0.3 is 10.1 Å². The summed E-state index contributed by atoms with van der Waals surface area (Å²) in [7, 11) is -1.83. The summed E-state index contributed by atoms with van der Waals surface area (Å²) in [5.74, 6) is 0.511. The molecule has 0 aliphatic carbocycles. The monoisotopic (exact) mass is 404 g/mol. The molecular formula is C19H20N2O4S2. The summed E-state index contributed by atoms with van der Waals surface area (Å²) in [5.41, 5.74) is 1.69. The lowest BCUT2D eigenvalue weighted by molar-refractivity contribution is 0.102. The van der Waals surface area contributed by atoms with Crippen LogP contribution >= 0.6 is 11.3 Å². The van der Waals surface area contributed by atoms with E-state index in [-0.39, 0.29) is 21.9 Å². The SMILES string of the molecule is COc1ccc(C(=O)Nc2ccc3nc(S(=O)(=O)CC(C)C)sc3c2)cc1. The van der Waals surface area contributed by atoms with Gasteiger partial charge in [-0.05, 0) is 48.4 Å². The summed E-state index contributed by atoms with van der Waals surface area (Å²) in [5, 5.41) is 2.82. The fraction of sp³-hybridized carbons (Fsp3) is 0.263. The number of methoxy groups -OCH3 is 1. The van der Waals surface area contributed by atoms with E-state index in [1.165, 1.54) is 0 Å². The Morgan fingerprint density at radius 3 is 2.52 bits per heavy atom. The smallest absolute Gasteiger partial charge is 0.255 e. The number of ether oxygens (including phenoxy) is 1. The van der Waals surface area contributed by atoms with Crippen LogP contribution in [0.1, 0.15) is 24.2 Å². The van der Waals surface area contributed by atoms with Gasteiger partial charge in [0.15, 0.2) is 0 Å². The molecule has 0 saturated carbocycles. The molecular weight excluding hydrogens is 384 g/mol. The third kappa shape index (κ3) is 4.45. The molecule has 0 unspecified atom stereocenters. The van der Waals surface area contributed by atoms with Crippen molar-refractivity contribution in [2.45, 2.75) is 18.2 Å². The van der Waals surface area contributed by atoms with Crippen LogP contribution in [-0.4, -0.2) is 32.2 Å². The van der Waals surface area contributed by atoms with E-state index in [1.54, 1.807) is 49.6 Å². The maximum absolute atomic E-state index is 12.4. The highest BCUT2D eigenvalue weighted by atomic mass is 32.2. The molecule has 0 aliphatic rings. The predicted octanol–water partition coefficient (Wildman–Crippen LogP) is 3.99. The highest BCUT2D eigenvalue weighted by molar-refractivity contribution is 7.93. The second-order valence-corrected chi connectivity index (χ2v) is 9.76. The fourth-order valence-electron chi connectivity index (χ4n) is 2.57. The maximum atomic E-state index is 12.4. The van der Waals surface area contributed by atoms with Crippen LogP contribution in [0.4, 0.5) is 5.69 Å². The standard InChI is InChI=1S/C19H20N2O4S2/c1-12(2)11-27(23,24)19-21-16-9-6-14(10-17(16)26-19)20-18(22)13-4-7-15(25-3)8-5-13/h4-10,12H,11H2,1-3H3,(H,20,22). The summed E-state index contributed by atoms with van der Waals surface area (Å²) < 4.78 is 30.7. The van der Waals surface area contributed by atoms with E-state index in [0.717, 1.165) is 11.3 Å². The second-order valence-electron chi connectivity index (χ2n) is 6.52. The zero-order chi connectivity index (χ0) is 19.6. The molecule has 27 heavy (non-hydrogen) atoms. The van der Waals surface area contributed by atoms with E-state index in [4.69, 9.17) is 4.74 Å². The van der Waals surface area contributed by atoms with Crippen LogP contribution in [0.5, 0.6) is 5.75 Å². The van der Waals surface area contributed by atoms with E-state index in [1.807, 2.05) is 13.8 Å². The molecule has 142 valence electrons. The minimum absolute atomic E-state index is 0.0290. The lowest BCUT2D eigenvalue weighted by Gasteiger charge is -2.06. The fourth-order valence-corrected chi connectivity index (χ4v) is 5.55. The molecule has 3 rings (SSSR count). The van der Waals surface area contributed by atoms with Crippen molar-refractivity contribution in [3.63, 3.8) is 0 Å². The Balaban J connectivity index is 1.83. The number of benzene rings is 2. The number of amides is 1. The van der Waals surface area contributed by atoms with Crippen molar-refractivity contribution in [1.82, 2.24) is 4.98 Å². The van der Waals surface area contributed by atoms with Gasteiger partial charge in [0.2, 0.25) is 14.2 Å². The van der Waals surface area contributed by atoms with Crippen molar-refractivity contribution in [3.8, 4) is 5.75 Å². The normalized spacial score (nSPS) is 11.7. The molecule has 0 radical (unpaired) electrons. The van der Waals surface area contributed by atoms with Crippen molar-refractivity contribution in [1.29, 1.82) is 0 Å². The van der Waals surface area contributed by atoms with Gasteiger partial charge in [-0.2, -0.15) is 0 Å². The van der Waals surface area contributed by atoms with Crippen LogP contribution in [-0.2, 0) is 9.84 Å². The molecule has 0 saturated heterocycles. The Labute approximate surface area is 162 Å². The number of carbonyl (C=O) groups is 1. The van der Waals surface area contributed by atoms with Gasteiger partial charge in [0, 0.05) is 11.3 Å². The van der Waals surface area contributed by atoms with Crippen LogP contribution in [0.3, 0.4) is 0 Å². The number of nitrogens with one attached hydrogen (secondary N) is 1. The molecule has 0 atom stereocenters. The Morgan fingerprint density at radius 2 is 1.89 bits per heavy atom. The van der Waals surface area contributed by atoms with Gasteiger partial charge in [-0.15, -0.1) is 11.3 Å². The summed E-state index contributed by atoms with van der Waals surface area (Å²) in [6.07, 6.45) is 0. The molecule has 8 heteroatoms. The summed E-state index contributed by atoms with van der Waals surface area (Å²) in [4.78, 5) is 16.6. The van der Waals surface area contributed by atoms with Crippen molar-refractivity contribution in [2.75, 3.05) is 18.2 Å². The van der Waals surface area contributed by atoms with Crippen LogP contribution in [0.25, 0.3) is 10.2 Å². The van der Waals surface area contributed by atoms with Crippen molar-refractivity contribution < 1.29 is 17.9 Å². The topological polar surface area (TPSA) is 85.4 Å². The summed E-state index contributed by atoms with van der Waals surface area (Å²) in [6, 6.07) is 11.9.